The van der Waals surface area contributed by atoms with Gasteiger partial charge in [0.2, 0.25) is 5.91 Å². The molecule has 1 unspecified atom stereocenters. The highest BCUT2D eigenvalue weighted by Crippen LogP contribution is 2.18. The SMILES string of the molecule is CC(CO)CSCC(=O)N(C)Cc1ccccc1Br. The summed E-state index contributed by atoms with van der Waals surface area (Å²) < 4.78 is 1.02. The number of benzene rings is 1. The molecule has 106 valence electrons. The lowest BCUT2D eigenvalue weighted by Gasteiger charge is -2.18. The third-order valence-corrected chi connectivity index (χ3v) is 4.76. The molecule has 1 N–H and O–H groups in total. The second kappa shape index (κ2) is 8.61. The third-order valence-electron chi connectivity index (χ3n) is 2.73. The van der Waals surface area contributed by atoms with Crippen molar-refractivity contribution in [3.8, 4) is 0 Å². The van der Waals surface area contributed by atoms with Crippen molar-refractivity contribution in [3.05, 3.63) is 34.3 Å². The van der Waals surface area contributed by atoms with Gasteiger partial charge in [-0.1, -0.05) is 41.1 Å². The Bertz CT molecular complexity index is 414. The van der Waals surface area contributed by atoms with Crippen LogP contribution in [0.5, 0.6) is 0 Å². The summed E-state index contributed by atoms with van der Waals surface area (Å²) in [6.07, 6.45) is 0. The number of aliphatic hydroxyl groups excluding tert-OH is 1. The number of carbonyl (C=O) groups is 1. The minimum Gasteiger partial charge on any atom is -0.396 e. The Hall–Kier alpha value is -0.520. The van der Waals surface area contributed by atoms with Crippen LogP contribution in [-0.4, -0.2) is 41.1 Å². The highest BCUT2D eigenvalue weighted by atomic mass is 79.9. The molecule has 0 saturated carbocycles. The number of nitrogens with zero attached hydrogens (tertiary/aromatic N) is 1. The van der Waals surface area contributed by atoms with Gasteiger partial charge in [0, 0.05) is 24.7 Å². The highest BCUT2D eigenvalue weighted by Gasteiger charge is 2.11. The van der Waals surface area contributed by atoms with E-state index in [1.54, 1.807) is 16.7 Å². The van der Waals surface area contributed by atoms with Gasteiger partial charge in [0.05, 0.1) is 5.75 Å². The van der Waals surface area contributed by atoms with Crippen molar-refractivity contribution in [2.24, 2.45) is 5.92 Å². The molecule has 0 saturated heterocycles. The molecule has 0 aromatic heterocycles. The summed E-state index contributed by atoms with van der Waals surface area (Å²) in [7, 11) is 1.82. The average Bonchev–Trinajstić information content (AvgIpc) is 2.40. The van der Waals surface area contributed by atoms with E-state index in [1.807, 2.05) is 38.2 Å². The number of halogens is 1. The summed E-state index contributed by atoms with van der Waals surface area (Å²) in [6, 6.07) is 7.91. The van der Waals surface area contributed by atoms with Gasteiger partial charge in [-0.15, -0.1) is 0 Å². The number of rotatable bonds is 7. The zero-order valence-electron chi connectivity index (χ0n) is 11.3. The van der Waals surface area contributed by atoms with Gasteiger partial charge in [-0.3, -0.25) is 4.79 Å². The van der Waals surface area contributed by atoms with Crippen molar-refractivity contribution >= 4 is 33.6 Å². The topological polar surface area (TPSA) is 40.5 Å². The molecule has 1 atom stereocenters. The molecule has 1 rings (SSSR count). The summed E-state index contributed by atoms with van der Waals surface area (Å²) in [4.78, 5) is 13.7. The molecule has 0 bridgehead atoms. The predicted octanol–water partition coefficient (Wildman–Crippen LogP) is 2.77. The average molecular weight is 346 g/mol. The Morgan fingerprint density at radius 3 is 2.79 bits per heavy atom. The molecule has 1 amide bonds. The number of thioether (sulfide) groups is 1. The van der Waals surface area contributed by atoms with Crippen LogP contribution in [0.25, 0.3) is 0 Å². The minimum atomic E-state index is 0.117. The summed E-state index contributed by atoms with van der Waals surface area (Å²) in [5.41, 5.74) is 1.10. The van der Waals surface area contributed by atoms with Crippen molar-refractivity contribution in [3.63, 3.8) is 0 Å². The molecule has 1 aromatic carbocycles. The first-order valence-corrected chi connectivity index (χ1v) is 8.15. The Kier molecular flexibility index (Phi) is 7.49. The molecular formula is C14H20BrNO2S. The summed E-state index contributed by atoms with van der Waals surface area (Å²) in [5.74, 6) is 1.63. The lowest BCUT2D eigenvalue weighted by molar-refractivity contribution is -0.127. The number of amides is 1. The molecule has 0 heterocycles. The van der Waals surface area contributed by atoms with E-state index < -0.39 is 0 Å². The van der Waals surface area contributed by atoms with Gasteiger partial charge in [-0.25, -0.2) is 0 Å². The molecule has 0 spiro atoms. The van der Waals surface area contributed by atoms with Gasteiger partial charge in [-0.2, -0.15) is 11.8 Å². The minimum absolute atomic E-state index is 0.117. The van der Waals surface area contributed by atoms with Crippen LogP contribution < -0.4 is 0 Å². The van der Waals surface area contributed by atoms with Crippen molar-refractivity contribution in [1.29, 1.82) is 0 Å². The standard InChI is InChI=1S/C14H20BrNO2S/c1-11(8-17)9-19-10-14(18)16(2)7-12-5-3-4-6-13(12)15/h3-6,11,17H,7-10H2,1-2H3. The van der Waals surface area contributed by atoms with E-state index in [9.17, 15) is 4.79 Å². The zero-order valence-corrected chi connectivity index (χ0v) is 13.7. The van der Waals surface area contributed by atoms with Crippen LogP contribution >= 0.6 is 27.7 Å². The first-order chi connectivity index (χ1) is 9.04. The fourth-order valence-corrected chi connectivity index (χ4v) is 2.91. The Balaban J connectivity index is 2.39. The first kappa shape index (κ1) is 16.5. The van der Waals surface area contributed by atoms with Crippen LogP contribution in [-0.2, 0) is 11.3 Å². The van der Waals surface area contributed by atoms with Gasteiger partial charge in [-0.05, 0) is 23.3 Å². The van der Waals surface area contributed by atoms with E-state index in [2.05, 4.69) is 15.9 Å². The molecule has 0 aliphatic heterocycles. The summed E-state index contributed by atoms with van der Waals surface area (Å²) in [5, 5.41) is 8.92. The van der Waals surface area contributed by atoms with Crippen LogP contribution in [0.4, 0.5) is 0 Å². The Morgan fingerprint density at radius 2 is 2.16 bits per heavy atom. The molecule has 0 aliphatic rings. The highest BCUT2D eigenvalue weighted by molar-refractivity contribution is 9.10. The van der Waals surface area contributed by atoms with Crippen molar-refractivity contribution in [2.45, 2.75) is 13.5 Å². The van der Waals surface area contributed by atoms with E-state index in [-0.39, 0.29) is 18.4 Å². The third kappa shape index (κ3) is 5.97. The van der Waals surface area contributed by atoms with Gasteiger partial charge in [0.15, 0.2) is 0 Å². The molecule has 19 heavy (non-hydrogen) atoms. The number of carbonyl (C=O) groups excluding carboxylic acids is 1. The monoisotopic (exact) mass is 345 g/mol. The predicted molar refractivity (Wildman–Crippen MR) is 84.2 cm³/mol. The molecule has 0 aliphatic carbocycles. The van der Waals surface area contributed by atoms with Crippen molar-refractivity contribution in [2.75, 3.05) is 25.2 Å². The molecule has 0 fully saturated rings. The fourth-order valence-electron chi connectivity index (χ4n) is 1.48. The fraction of sp³-hybridized carbons (Fsp3) is 0.500. The zero-order chi connectivity index (χ0) is 14.3. The van der Waals surface area contributed by atoms with Crippen LogP contribution in [0.2, 0.25) is 0 Å². The Morgan fingerprint density at radius 1 is 1.47 bits per heavy atom. The van der Waals surface area contributed by atoms with Gasteiger partial charge < -0.3 is 10.0 Å². The van der Waals surface area contributed by atoms with Crippen LogP contribution in [0.15, 0.2) is 28.7 Å². The first-order valence-electron chi connectivity index (χ1n) is 6.20. The smallest absolute Gasteiger partial charge is 0.232 e. The number of hydrogen-bond acceptors (Lipinski definition) is 3. The molecule has 0 radical (unpaired) electrons. The Labute approximate surface area is 127 Å². The lowest BCUT2D eigenvalue weighted by atomic mass is 10.2. The quantitative estimate of drug-likeness (QED) is 0.825. The maximum atomic E-state index is 12.0. The van der Waals surface area contributed by atoms with Crippen LogP contribution in [0.1, 0.15) is 12.5 Å². The molecular weight excluding hydrogens is 326 g/mol. The lowest BCUT2D eigenvalue weighted by Crippen LogP contribution is -2.28. The molecule has 1 aromatic rings. The van der Waals surface area contributed by atoms with E-state index in [1.165, 1.54) is 0 Å². The van der Waals surface area contributed by atoms with Crippen LogP contribution in [0, 0.1) is 5.92 Å². The van der Waals surface area contributed by atoms with Crippen molar-refractivity contribution < 1.29 is 9.90 Å². The van der Waals surface area contributed by atoms with Crippen molar-refractivity contribution in [1.82, 2.24) is 4.90 Å². The maximum Gasteiger partial charge on any atom is 0.232 e. The van der Waals surface area contributed by atoms with E-state index in [4.69, 9.17) is 5.11 Å². The summed E-state index contributed by atoms with van der Waals surface area (Å²) in [6.45, 7) is 2.76. The van der Waals surface area contributed by atoms with E-state index in [0.29, 0.717) is 12.3 Å². The summed E-state index contributed by atoms with van der Waals surface area (Å²) >= 11 is 5.06. The normalized spacial score (nSPS) is 12.2. The van der Waals surface area contributed by atoms with Crippen LogP contribution in [0.3, 0.4) is 0 Å². The molecule has 5 heteroatoms. The van der Waals surface area contributed by atoms with Gasteiger partial charge in [0.1, 0.15) is 0 Å². The number of aliphatic hydroxyl groups is 1. The molecule has 3 nitrogen and oxygen atoms in total. The second-order valence-electron chi connectivity index (χ2n) is 4.64. The number of hydrogen-bond donors (Lipinski definition) is 1. The maximum absolute atomic E-state index is 12.0. The van der Waals surface area contributed by atoms with Gasteiger partial charge in [0.25, 0.3) is 0 Å². The second-order valence-corrected chi connectivity index (χ2v) is 6.53. The van der Waals surface area contributed by atoms with Gasteiger partial charge >= 0.3 is 0 Å². The van der Waals surface area contributed by atoms with E-state index >= 15 is 0 Å². The largest absolute Gasteiger partial charge is 0.396 e. The van der Waals surface area contributed by atoms with E-state index in [0.717, 1.165) is 15.8 Å².